The first kappa shape index (κ1) is 26.4. The van der Waals surface area contributed by atoms with E-state index in [0.717, 1.165) is 6.42 Å². The van der Waals surface area contributed by atoms with Gasteiger partial charge in [-0.1, -0.05) is 37.3 Å². The molecule has 0 aliphatic heterocycles. The summed E-state index contributed by atoms with van der Waals surface area (Å²) in [5.74, 6) is -0.859. The van der Waals surface area contributed by atoms with Crippen molar-refractivity contribution in [2.75, 3.05) is 18.5 Å². The molecule has 0 aromatic heterocycles. The second-order valence-corrected chi connectivity index (χ2v) is 9.41. The maximum atomic E-state index is 12.1. The van der Waals surface area contributed by atoms with Gasteiger partial charge >= 0.3 is 5.97 Å². The molecule has 0 aliphatic carbocycles. The second kappa shape index (κ2) is 13.7. The molecule has 0 heterocycles. The molecule has 0 spiro atoms. The molecule has 0 aliphatic rings. The first-order chi connectivity index (χ1) is 15.8. The molecule has 2 aromatic carbocycles. The summed E-state index contributed by atoms with van der Waals surface area (Å²) in [5.41, 5.74) is 1.70. The topological polar surface area (TPSA) is 114 Å². The lowest BCUT2D eigenvalue weighted by atomic mass is 10.1. The Morgan fingerprint density at radius 2 is 1.70 bits per heavy atom. The van der Waals surface area contributed by atoms with Crippen LogP contribution in [0.5, 0.6) is 0 Å². The fraction of sp³-hybridized carbons (Fsp3) is 0.348. The van der Waals surface area contributed by atoms with Gasteiger partial charge in [0.2, 0.25) is 15.9 Å². The van der Waals surface area contributed by atoms with Crippen LogP contribution in [0.25, 0.3) is 0 Å². The lowest BCUT2D eigenvalue weighted by molar-refractivity contribution is -0.145. The zero-order valence-electron chi connectivity index (χ0n) is 18.5. The van der Waals surface area contributed by atoms with Crippen molar-refractivity contribution in [1.29, 1.82) is 0 Å². The van der Waals surface area contributed by atoms with Crippen LogP contribution in [0.1, 0.15) is 38.2 Å². The van der Waals surface area contributed by atoms with Crippen LogP contribution in [0, 0.1) is 0 Å². The first-order valence-electron chi connectivity index (χ1n) is 10.7. The summed E-state index contributed by atoms with van der Waals surface area (Å²) in [6, 6.07) is 15.9. The summed E-state index contributed by atoms with van der Waals surface area (Å²) in [6.45, 7) is 2.54. The van der Waals surface area contributed by atoms with Crippen molar-refractivity contribution >= 4 is 44.9 Å². The summed E-state index contributed by atoms with van der Waals surface area (Å²) in [5, 5.41) is 5.35. The van der Waals surface area contributed by atoms with Crippen LogP contribution in [-0.4, -0.2) is 38.6 Å². The minimum absolute atomic E-state index is 0.0445. The molecule has 33 heavy (non-hydrogen) atoms. The average molecular weight is 492 g/mol. The van der Waals surface area contributed by atoms with Crippen LogP contribution in [0.2, 0.25) is 0 Å². The predicted molar refractivity (Wildman–Crippen MR) is 131 cm³/mol. The van der Waals surface area contributed by atoms with E-state index in [2.05, 4.69) is 15.4 Å². The van der Waals surface area contributed by atoms with Crippen LogP contribution in [0.15, 0.2) is 59.5 Å². The second-order valence-electron chi connectivity index (χ2n) is 7.23. The molecule has 0 bridgehead atoms. The molecule has 1 amide bonds. The van der Waals surface area contributed by atoms with Crippen LogP contribution < -0.4 is 15.4 Å². The molecule has 10 heteroatoms. The number of hydrogen-bond acceptors (Lipinski definition) is 6. The van der Waals surface area contributed by atoms with Crippen LogP contribution in [0.3, 0.4) is 0 Å². The third-order valence-electron chi connectivity index (χ3n) is 4.49. The van der Waals surface area contributed by atoms with Gasteiger partial charge < -0.3 is 15.4 Å². The van der Waals surface area contributed by atoms with Crippen LogP contribution in [0.4, 0.5) is 5.69 Å². The molecular formula is C23H29N3O5S2. The minimum atomic E-state index is -3.55. The standard InChI is InChI=1S/C23H29N3O5S2/c1-2-16-24-33(29,30)20-12-10-19(11-13-20)25-23(32)26-21(27)14-15-22(28)31-17-6-9-18-7-4-3-5-8-18/h3-5,7-8,10-13,24H,2,6,9,14-17H2,1H3,(H2,25,26,27,32). The van der Waals surface area contributed by atoms with E-state index in [1.54, 1.807) is 12.1 Å². The molecule has 0 unspecified atom stereocenters. The highest BCUT2D eigenvalue weighted by Gasteiger charge is 2.13. The van der Waals surface area contributed by atoms with E-state index in [0.29, 0.717) is 31.7 Å². The summed E-state index contributed by atoms with van der Waals surface area (Å²) in [6.07, 6.45) is 2.12. The smallest absolute Gasteiger partial charge is 0.306 e. The fourth-order valence-electron chi connectivity index (χ4n) is 2.78. The molecule has 2 aromatic rings. The van der Waals surface area contributed by atoms with Crippen molar-refractivity contribution in [2.24, 2.45) is 0 Å². The number of anilines is 1. The molecule has 0 atom stereocenters. The Bertz CT molecular complexity index is 1030. The molecule has 8 nitrogen and oxygen atoms in total. The molecule has 178 valence electrons. The highest BCUT2D eigenvalue weighted by Crippen LogP contribution is 2.14. The normalized spacial score (nSPS) is 10.9. The molecule has 0 saturated heterocycles. The number of carbonyl (C=O) groups is 2. The number of hydrogen-bond donors (Lipinski definition) is 3. The molecule has 0 radical (unpaired) electrons. The van der Waals surface area contributed by atoms with Crippen molar-refractivity contribution in [3.63, 3.8) is 0 Å². The van der Waals surface area contributed by atoms with Crippen molar-refractivity contribution in [2.45, 2.75) is 43.9 Å². The summed E-state index contributed by atoms with van der Waals surface area (Å²) in [7, 11) is -3.55. The number of ether oxygens (including phenoxy) is 1. The number of amides is 1. The van der Waals surface area contributed by atoms with E-state index in [1.807, 2.05) is 37.3 Å². The Morgan fingerprint density at radius 3 is 2.36 bits per heavy atom. The van der Waals surface area contributed by atoms with E-state index in [9.17, 15) is 18.0 Å². The third-order valence-corrected chi connectivity index (χ3v) is 6.17. The SMILES string of the molecule is CCCNS(=O)(=O)c1ccc(NC(=S)NC(=O)CCC(=O)OCCCc2ccccc2)cc1. The Kier molecular flexibility index (Phi) is 10.9. The number of aryl methyl sites for hydroxylation is 1. The van der Waals surface area contributed by atoms with Gasteiger partial charge in [-0.15, -0.1) is 0 Å². The fourth-order valence-corrected chi connectivity index (χ4v) is 4.15. The number of sulfonamides is 1. The lowest BCUT2D eigenvalue weighted by Gasteiger charge is -2.11. The van der Waals surface area contributed by atoms with E-state index in [-0.39, 0.29) is 22.8 Å². The maximum Gasteiger partial charge on any atom is 0.306 e. The van der Waals surface area contributed by atoms with Gasteiger partial charge in [0.15, 0.2) is 5.11 Å². The Balaban J connectivity index is 1.66. The third kappa shape index (κ3) is 10.1. The van der Waals surface area contributed by atoms with Gasteiger partial charge in [-0.25, -0.2) is 13.1 Å². The lowest BCUT2D eigenvalue weighted by Crippen LogP contribution is -2.34. The highest BCUT2D eigenvalue weighted by molar-refractivity contribution is 7.89. The molecule has 0 fully saturated rings. The quantitative estimate of drug-likeness (QED) is 0.237. The molecule has 3 N–H and O–H groups in total. The number of nitrogens with one attached hydrogen (secondary N) is 3. The monoisotopic (exact) mass is 491 g/mol. The van der Waals surface area contributed by atoms with Gasteiger partial charge in [-0.2, -0.15) is 0 Å². The molecule has 2 rings (SSSR count). The zero-order chi connectivity index (χ0) is 24.1. The predicted octanol–water partition coefficient (Wildman–Crippen LogP) is 3.14. The number of thiocarbonyl (C=S) groups is 1. The zero-order valence-corrected chi connectivity index (χ0v) is 20.1. The van der Waals surface area contributed by atoms with E-state index >= 15 is 0 Å². The van der Waals surface area contributed by atoms with Gasteiger partial charge in [-0.05, 0) is 61.3 Å². The summed E-state index contributed by atoms with van der Waals surface area (Å²) in [4.78, 5) is 24.0. The molecular weight excluding hydrogens is 462 g/mol. The average Bonchev–Trinajstić information content (AvgIpc) is 2.80. The van der Waals surface area contributed by atoms with Crippen molar-refractivity contribution in [3.8, 4) is 0 Å². The van der Waals surface area contributed by atoms with Gasteiger partial charge in [0.1, 0.15) is 0 Å². The largest absolute Gasteiger partial charge is 0.466 e. The van der Waals surface area contributed by atoms with Crippen LogP contribution in [-0.2, 0) is 30.8 Å². The van der Waals surface area contributed by atoms with Crippen LogP contribution >= 0.6 is 12.2 Å². The van der Waals surface area contributed by atoms with Crippen molar-refractivity contribution in [1.82, 2.24) is 10.0 Å². The Morgan fingerprint density at radius 1 is 1.00 bits per heavy atom. The minimum Gasteiger partial charge on any atom is -0.466 e. The van der Waals surface area contributed by atoms with Gasteiger partial charge in [0.05, 0.1) is 17.9 Å². The van der Waals surface area contributed by atoms with Gasteiger partial charge in [-0.3, -0.25) is 9.59 Å². The van der Waals surface area contributed by atoms with E-state index in [4.69, 9.17) is 17.0 Å². The van der Waals surface area contributed by atoms with Gasteiger partial charge in [0, 0.05) is 18.7 Å². The summed E-state index contributed by atoms with van der Waals surface area (Å²) < 4.78 is 31.8. The highest BCUT2D eigenvalue weighted by atomic mass is 32.2. The molecule has 0 saturated carbocycles. The maximum absolute atomic E-state index is 12.1. The van der Waals surface area contributed by atoms with E-state index < -0.39 is 21.9 Å². The van der Waals surface area contributed by atoms with Gasteiger partial charge in [0.25, 0.3) is 0 Å². The first-order valence-corrected chi connectivity index (χ1v) is 12.6. The Hall–Kier alpha value is -2.82. The number of carbonyl (C=O) groups excluding carboxylic acids is 2. The van der Waals surface area contributed by atoms with E-state index in [1.165, 1.54) is 17.7 Å². The Labute approximate surface area is 200 Å². The number of rotatable bonds is 12. The summed E-state index contributed by atoms with van der Waals surface area (Å²) >= 11 is 5.10. The van der Waals surface area contributed by atoms with Crippen molar-refractivity contribution in [3.05, 3.63) is 60.2 Å². The van der Waals surface area contributed by atoms with Crippen molar-refractivity contribution < 1.29 is 22.7 Å². The number of benzene rings is 2. The number of esters is 1.